The number of halogens is 1. The molecule has 0 aliphatic carbocycles. The number of hydrogen-bond acceptors (Lipinski definition) is 3. The van der Waals surface area contributed by atoms with E-state index in [4.69, 9.17) is 4.74 Å². The molecular formula is C21H22FNO2. The number of nitrogens with zero attached hydrogens (tertiary/aromatic N) is 1. The molecule has 1 atom stereocenters. The first-order valence-electron chi connectivity index (χ1n) is 8.59. The Hall–Kier alpha value is -2.46. The summed E-state index contributed by atoms with van der Waals surface area (Å²) in [5.74, 6) is 0.423. The molecule has 0 aliphatic heterocycles. The zero-order valence-electron chi connectivity index (χ0n) is 14.5. The van der Waals surface area contributed by atoms with Gasteiger partial charge >= 0.3 is 0 Å². The summed E-state index contributed by atoms with van der Waals surface area (Å²) < 4.78 is 18.8. The Morgan fingerprint density at radius 3 is 2.52 bits per heavy atom. The highest BCUT2D eigenvalue weighted by molar-refractivity contribution is 5.86. The minimum atomic E-state index is -0.563. The van der Waals surface area contributed by atoms with Crippen LogP contribution in [0.3, 0.4) is 0 Å². The molecule has 1 aromatic heterocycles. The molecule has 1 heterocycles. The van der Waals surface area contributed by atoms with Crippen LogP contribution in [-0.2, 0) is 6.42 Å². The van der Waals surface area contributed by atoms with Gasteiger partial charge in [0.25, 0.3) is 0 Å². The lowest BCUT2D eigenvalue weighted by Gasteiger charge is -2.16. The fraction of sp³-hybridized carbons (Fsp3) is 0.286. The van der Waals surface area contributed by atoms with Gasteiger partial charge in [-0.25, -0.2) is 4.39 Å². The average Bonchev–Trinajstić information content (AvgIpc) is 2.63. The highest BCUT2D eigenvalue weighted by atomic mass is 19.1. The van der Waals surface area contributed by atoms with Crippen LogP contribution >= 0.6 is 0 Å². The number of aliphatic hydroxyl groups excluding tert-OH is 1. The van der Waals surface area contributed by atoms with Gasteiger partial charge in [0.15, 0.2) is 5.75 Å². The van der Waals surface area contributed by atoms with Crippen molar-refractivity contribution < 1.29 is 14.2 Å². The molecule has 0 bridgehead atoms. The lowest BCUT2D eigenvalue weighted by atomic mass is 10.0. The number of benzene rings is 2. The maximum Gasteiger partial charge on any atom is 0.151 e. The number of aliphatic hydroxyl groups is 1. The van der Waals surface area contributed by atoms with Crippen molar-refractivity contribution in [2.24, 2.45) is 0 Å². The van der Waals surface area contributed by atoms with Crippen LogP contribution in [0.5, 0.6) is 5.75 Å². The zero-order valence-corrected chi connectivity index (χ0v) is 14.5. The molecule has 3 rings (SSSR count). The van der Waals surface area contributed by atoms with Crippen LogP contribution < -0.4 is 4.74 Å². The van der Waals surface area contributed by atoms with Crippen molar-refractivity contribution in [3.8, 4) is 5.75 Å². The van der Waals surface area contributed by atoms with Gasteiger partial charge in [-0.3, -0.25) is 4.98 Å². The molecule has 1 unspecified atom stereocenters. The van der Waals surface area contributed by atoms with Crippen molar-refractivity contribution in [3.63, 3.8) is 0 Å². The van der Waals surface area contributed by atoms with E-state index in [2.05, 4.69) is 11.1 Å². The molecule has 3 nitrogen and oxygen atoms in total. The second-order valence-corrected chi connectivity index (χ2v) is 6.06. The van der Waals surface area contributed by atoms with Gasteiger partial charge in [-0.2, -0.15) is 0 Å². The number of ether oxygens (including phenoxy) is 1. The highest BCUT2D eigenvalue weighted by Gasteiger charge is 2.16. The summed E-state index contributed by atoms with van der Waals surface area (Å²) in [4.78, 5) is 4.58. The molecule has 0 fully saturated rings. The summed E-state index contributed by atoms with van der Waals surface area (Å²) in [5.41, 5.74) is 3.61. The SMILES string of the molecule is CCOc1c(C(O)CC)ccc2cc(Cc3ccc(F)cc3)cnc12. The largest absolute Gasteiger partial charge is 0.491 e. The van der Waals surface area contributed by atoms with Gasteiger partial charge in [0, 0.05) is 17.1 Å². The van der Waals surface area contributed by atoms with E-state index in [0.29, 0.717) is 25.2 Å². The van der Waals surface area contributed by atoms with Gasteiger partial charge in [0.2, 0.25) is 0 Å². The predicted octanol–water partition coefficient (Wildman–Crippen LogP) is 4.81. The van der Waals surface area contributed by atoms with Gasteiger partial charge in [0.1, 0.15) is 11.3 Å². The second-order valence-electron chi connectivity index (χ2n) is 6.06. The molecule has 0 amide bonds. The molecular weight excluding hydrogens is 317 g/mol. The topological polar surface area (TPSA) is 42.4 Å². The monoisotopic (exact) mass is 339 g/mol. The summed E-state index contributed by atoms with van der Waals surface area (Å²) in [7, 11) is 0. The van der Waals surface area contributed by atoms with Gasteiger partial charge < -0.3 is 9.84 Å². The van der Waals surface area contributed by atoms with Crippen LogP contribution in [0.25, 0.3) is 10.9 Å². The van der Waals surface area contributed by atoms with E-state index >= 15 is 0 Å². The van der Waals surface area contributed by atoms with Crippen molar-refractivity contribution >= 4 is 10.9 Å². The van der Waals surface area contributed by atoms with Crippen molar-refractivity contribution in [2.75, 3.05) is 6.61 Å². The van der Waals surface area contributed by atoms with Crippen LogP contribution in [0, 0.1) is 5.82 Å². The van der Waals surface area contributed by atoms with Gasteiger partial charge in [-0.15, -0.1) is 0 Å². The standard InChI is InChI=1S/C21H22FNO2/c1-3-19(24)18-10-7-16-12-15(11-14-5-8-17(22)9-6-14)13-23-20(16)21(18)25-4-2/h5-10,12-13,19,24H,3-4,11H2,1-2H3. The molecule has 0 radical (unpaired) electrons. The normalized spacial score (nSPS) is 12.3. The van der Waals surface area contributed by atoms with Crippen LogP contribution in [0.2, 0.25) is 0 Å². The van der Waals surface area contributed by atoms with E-state index in [-0.39, 0.29) is 5.82 Å². The third-order valence-electron chi connectivity index (χ3n) is 4.25. The smallest absolute Gasteiger partial charge is 0.151 e. The Kier molecular flexibility index (Phi) is 5.29. The summed E-state index contributed by atoms with van der Waals surface area (Å²) in [5, 5.41) is 11.2. The van der Waals surface area contributed by atoms with Gasteiger partial charge in [0.05, 0.1) is 12.7 Å². The maximum atomic E-state index is 13.0. The van der Waals surface area contributed by atoms with E-state index in [9.17, 15) is 9.50 Å². The molecule has 0 aliphatic rings. The van der Waals surface area contributed by atoms with Crippen molar-refractivity contribution in [2.45, 2.75) is 32.8 Å². The molecule has 0 saturated carbocycles. The van der Waals surface area contributed by atoms with Crippen LogP contribution in [0.4, 0.5) is 4.39 Å². The van der Waals surface area contributed by atoms with Crippen molar-refractivity contribution in [1.29, 1.82) is 0 Å². The Balaban J connectivity index is 1.99. The lowest BCUT2D eigenvalue weighted by molar-refractivity contribution is 0.168. The first-order valence-corrected chi connectivity index (χ1v) is 8.59. The molecule has 0 spiro atoms. The summed E-state index contributed by atoms with van der Waals surface area (Å²) >= 11 is 0. The van der Waals surface area contributed by atoms with Gasteiger partial charge in [-0.1, -0.05) is 31.2 Å². The van der Waals surface area contributed by atoms with E-state index in [0.717, 1.165) is 27.6 Å². The van der Waals surface area contributed by atoms with Gasteiger partial charge in [-0.05, 0) is 49.1 Å². The second kappa shape index (κ2) is 7.62. The fourth-order valence-electron chi connectivity index (χ4n) is 2.95. The Labute approximate surface area is 147 Å². The quantitative estimate of drug-likeness (QED) is 0.701. The molecule has 1 N–H and O–H groups in total. The summed E-state index contributed by atoms with van der Waals surface area (Å²) in [6.45, 7) is 4.37. The third-order valence-corrected chi connectivity index (χ3v) is 4.25. The van der Waals surface area contributed by atoms with Crippen LogP contribution in [0.1, 0.15) is 43.1 Å². The van der Waals surface area contributed by atoms with Crippen molar-refractivity contribution in [3.05, 3.63) is 71.2 Å². The Morgan fingerprint density at radius 1 is 1.08 bits per heavy atom. The summed E-state index contributed by atoms with van der Waals surface area (Å²) in [6, 6.07) is 12.4. The van der Waals surface area contributed by atoms with E-state index in [1.165, 1.54) is 12.1 Å². The number of aromatic nitrogens is 1. The number of pyridine rings is 1. The lowest BCUT2D eigenvalue weighted by Crippen LogP contribution is -2.03. The molecule has 4 heteroatoms. The molecule has 0 saturated heterocycles. The number of hydrogen-bond donors (Lipinski definition) is 1. The fourth-order valence-corrected chi connectivity index (χ4v) is 2.95. The molecule has 3 aromatic rings. The maximum absolute atomic E-state index is 13.0. The molecule has 130 valence electrons. The average molecular weight is 339 g/mol. The van der Waals surface area contributed by atoms with E-state index in [1.54, 1.807) is 12.1 Å². The third kappa shape index (κ3) is 3.80. The molecule has 2 aromatic carbocycles. The van der Waals surface area contributed by atoms with Crippen LogP contribution in [0.15, 0.2) is 48.7 Å². The van der Waals surface area contributed by atoms with Crippen LogP contribution in [-0.4, -0.2) is 16.7 Å². The first kappa shape index (κ1) is 17.4. The zero-order chi connectivity index (χ0) is 17.8. The Bertz CT molecular complexity index is 862. The highest BCUT2D eigenvalue weighted by Crippen LogP contribution is 2.34. The van der Waals surface area contributed by atoms with E-state index in [1.807, 2.05) is 32.2 Å². The Morgan fingerprint density at radius 2 is 1.84 bits per heavy atom. The predicted molar refractivity (Wildman–Crippen MR) is 97.4 cm³/mol. The first-order chi connectivity index (χ1) is 12.1. The number of fused-ring (bicyclic) bond motifs is 1. The van der Waals surface area contributed by atoms with E-state index < -0.39 is 6.10 Å². The minimum Gasteiger partial charge on any atom is -0.491 e. The number of rotatable bonds is 6. The molecule has 25 heavy (non-hydrogen) atoms. The van der Waals surface area contributed by atoms with Crippen molar-refractivity contribution in [1.82, 2.24) is 4.98 Å². The minimum absolute atomic E-state index is 0.233. The summed E-state index contributed by atoms with van der Waals surface area (Å²) in [6.07, 6.45) is 2.56.